The standard InChI is InChI=1S/C17H23NO3/c1-3-16-14(9-10-21-16)17(19)15(11-18)12-5-7-13(8-6-12)20-4-2/h5-10,15,17,19H,3-4,11,18H2,1-2H3. The third-order valence-corrected chi connectivity index (χ3v) is 3.67. The van der Waals surface area contributed by atoms with Gasteiger partial charge in [-0.15, -0.1) is 0 Å². The van der Waals surface area contributed by atoms with Gasteiger partial charge in [0.25, 0.3) is 0 Å². The summed E-state index contributed by atoms with van der Waals surface area (Å²) < 4.78 is 10.8. The van der Waals surface area contributed by atoms with Gasteiger partial charge >= 0.3 is 0 Å². The lowest BCUT2D eigenvalue weighted by atomic mass is 9.89. The van der Waals surface area contributed by atoms with Crippen LogP contribution in [0.4, 0.5) is 0 Å². The molecule has 0 saturated carbocycles. The lowest BCUT2D eigenvalue weighted by Gasteiger charge is -2.22. The lowest BCUT2D eigenvalue weighted by molar-refractivity contribution is 0.145. The fourth-order valence-corrected chi connectivity index (χ4v) is 2.54. The van der Waals surface area contributed by atoms with Gasteiger partial charge in [-0.1, -0.05) is 19.1 Å². The number of aryl methyl sites for hydroxylation is 1. The number of aliphatic hydroxyl groups is 1. The van der Waals surface area contributed by atoms with Gasteiger partial charge in [-0.3, -0.25) is 0 Å². The van der Waals surface area contributed by atoms with Crippen molar-refractivity contribution in [1.82, 2.24) is 0 Å². The van der Waals surface area contributed by atoms with E-state index >= 15 is 0 Å². The number of furan rings is 1. The van der Waals surface area contributed by atoms with Crippen molar-refractivity contribution >= 4 is 0 Å². The van der Waals surface area contributed by atoms with Crippen LogP contribution in [0.2, 0.25) is 0 Å². The van der Waals surface area contributed by atoms with Crippen LogP contribution in [-0.2, 0) is 6.42 Å². The van der Waals surface area contributed by atoms with Crippen LogP contribution in [-0.4, -0.2) is 18.3 Å². The third kappa shape index (κ3) is 3.46. The highest BCUT2D eigenvalue weighted by molar-refractivity contribution is 5.33. The van der Waals surface area contributed by atoms with Crippen molar-refractivity contribution in [3.63, 3.8) is 0 Å². The van der Waals surface area contributed by atoms with Crippen LogP contribution in [0.1, 0.15) is 42.8 Å². The maximum absolute atomic E-state index is 10.6. The minimum atomic E-state index is -0.665. The summed E-state index contributed by atoms with van der Waals surface area (Å²) in [6.07, 6.45) is 1.70. The van der Waals surface area contributed by atoms with E-state index < -0.39 is 6.10 Å². The van der Waals surface area contributed by atoms with Crippen LogP contribution in [0, 0.1) is 0 Å². The smallest absolute Gasteiger partial charge is 0.119 e. The number of aliphatic hydroxyl groups excluding tert-OH is 1. The first-order valence-electron chi connectivity index (χ1n) is 7.38. The molecule has 3 N–H and O–H groups in total. The maximum atomic E-state index is 10.6. The molecule has 2 aromatic rings. The van der Waals surface area contributed by atoms with Crippen molar-refractivity contribution in [3.05, 3.63) is 53.5 Å². The van der Waals surface area contributed by atoms with Gasteiger partial charge in [0.2, 0.25) is 0 Å². The van der Waals surface area contributed by atoms with E-state index in [4.69, 9.17) is 14.9 Å². The number of hydrogen-bond acceptors (Lipinski definition) is 4. The Morgan fingerprint density at radius 2 is 1.90 bits per heavy atom. The van der Waals surface area contributed by atoms with Crippen molar-refractivity contribution in [3.8, 4) is 5.75 Å². The van der Waals surface area contributed by atoms with E-state index in [1.54, 1.807) is 6.26 Å². The van der Waals surface area contributed by atoms with Crippen LogP contribution in [0.3, 0.4) is 0 Å². The first-order chi connectivity index (χ1) is 10.2. The van der Waals surface area contributed by atoms with Crippen LogP contribution in [0.5, 0.6) is 5.75 Å². The van der Waals surface area contributed by atoms with Gasteiger partial charge in [0.1, 0.15) is 11.5 Å². The van der Waals surface area contributed by atoms with Gasteiger partial charge in [-0.2, -0.15) is 0 Å². The molecule has 1 aromatic carbocycles. The van der Waals surface area contributed by atoms with Crippen molar-refractivity contribution in [1.29, 1.82) is 0 Å². The highest BCUT2D eigenvalue weighted by atomic mass is 16.5. The Balaban J connectivity index is 2.22. The molecule has 2 rings (SSSR count). The van der Waals surface area contributed by atoms with E-state index in [0.717, 1.165) is 29.1 Å². The van der Waals surface area contributed by atoms with Crippen molar-refractivity contribution in [2.24, 2.45) is 5.73 Å². The summed E-state index contributed by atoms with van der Waals surface area (Å²) >= 11 is 0. The molecule has 0 bridgehead atoms. The molecule has 1 heterocycles. The maximum Gasteiger partial charge on any atom is 0.119 e. The Bertz CT molecular complexity index is 547. The highest BCUT2D eigenvalue weighted by Gasteiger charge is 2.24. The molecule has 0 spiro atoms. The predicted octanol–water partition coefficient (Wildman–Crippen LogP) is 3.02. The SMILES string of the molecule is CCOc1ccc(C(CN)C(O)c2ccoc2CC)cc1. The zero-order valence-corrected chi connectivity index (χ0v) is 12.6. The van der Waals surface area contributed by atoms with Crippen molar-refractivity contribution in [2.75, 3.05) is 13.2 Å². The van der Waals surface area contributed by atoms with Crippen LogP contribution >= 0.6 is 0 Å². The molecule has 0 radical (unpaired) electrons. The molecular weight excluding hydrogens is 266 g/mol. The predicted molar refractivity (Wildman–Crippen MR) is 82.5 cm³/mol. The minimum Gasteiger partial charge on any atom is -0.494 e. The zero-order valence-electron chi connectivity index (χ0n) is 12.6. The molecule has 0 aliphatic rings. The fourth-order valence-electron chi connectivity index (χ4n) is 2.54. The summed E-state index contributed by atoms with van der Waals surface area (Å²) in [6, 6.07) is 9.55. The van der Waals surface area contributed by atoms with Gasteiger partial charge in [-0.25, -0.2) is 0 Å². The summed E-state index contributed by atoms with van der Waals surface area (Å²) in [5.41, 5.74) is 7.70. The Morgan fingerprint density at radius 3 is 2.48 bits per heavy atom. The van der Waals surface area contributed by atoms with E-state index in [1.807, 2.05) is 44.2 Å². The summed E-state index contributed by atoms with van der Waals surface area (Å²) in [5.74, 6) is 1.47. The summed E-state index contributed by atoms with van der Waals surface area (Å²) in [5, 5.41) is 10.6. The molecule has 0 aliphatic carbocycles. The van der Waals surface area contributed by atoms with E-state index in [2.05, 4.69) is 0 Å². The quantitative estimate of drug-likeness (QED) is 0.822. The summed E-state index contributed by atoms with van der Waals surface area (Å²) in [7, 11) is 0. The molecule has 2 atom stereocenters. The van der Waals surface area contributed by atoms with E-state index in [-0.39, 0.29) is 5.92 Å². The molecule has 4 nitrogen and oxygen atoms in total. The molecule has 0 aliphatic heterocycles. The molecule has 0 fully saturated rings. The average Bonchev–Trinajstić information content (AvgIpc) is 2.98. The Kier molecular flexibility index (Phi) is 5.42. The van der Waals surface area contributed by atoms with Crippen LogP contribution in [0.25, 0.3) is 0 Å². The largest absolute Gasteiger partial charge is 0.494 e. The van der Waals surface area contributed by atoms with Gasteiger partial charge in [0.15, 0.2) is 0 Å². The molecule has 114 valence electrons. The van der Waals surface area contributed by atoms with Gasteiger partial charge in [0.05, 0.1) is 19.0 Å². The summed E-state index contributed by atoms with van der Waals surface area (Å²) in [4.78, 5) is 0. The van der Waals surface area contributed by atoms with E-state index in [0.29, 0.717) is 13.2 Å². The second-order valence-electron chi connectivity index (χ2n) is 4.94. The molecular formula is C17H23NO3. The normalized spacial score (nSPS) is 13.9. The number of rotatable bonds is 7. The molecule has 21 heavy (non-hydrogen) atoms. The van der Waals surface area contributed by atoms with Crippen LogP contribution < -0.4 is 10.5 Å². The first kappa shape index (κ1) is 15.6. The van der Waals surface area contributed by atoms with Crippen molar-refractivity contribution in [2.45, 2.75) is 32.3 Å². The molecule has 0 amide bonds. The first-order valence-corrected chi connectivity index (χ1v) is 7.38. The van der Waals surface area contributed by atoms with Gasteiger partial charge in [0, 0.05) is 24.4 Å². The highest BCUT2D eigenvalue weighted by Crippen LogP contribution is 2.33. The molecule has 2 unspecified atom stereocenters. The topological polar surface area (TPSA) is 68.6 Å². The Morgan fingerprint density at radius 1 is 1.19 bits per heavy atom. The molecule has 0 saturated heterocycles. The Hall–Kier alpha value is -1.78. The van der Waals surface area contributed by atoms with Gasteiger partial charge in [-0.05, 0) is 30.7 Å². The monoisotopic (exact) mass is 289 g/mol. The average molecular weight is 289 g/mol. The second-order valence-corrected chi connectivity index (χ2v) is 4.94. The lowest BCUT2D eigenvalue weighted by Crippen LogP contribution is -2.20. The number of ether oxygens (including phenoxy) is 1. The zero-order chi connectivity index (χ0) is 15.2. The fraction of sp³-hybridized carbons (Fsp3) is 0.412. The number of benzene rings is 1. The van der Waals surface area contributed by atoms with Crippen LogP contribution in [0.15, 0.2) is 41.0 Å². The number of hydrogen-bond donors (Lipinski definition) is 2. The second kappa shape index (κ2) is 7.29. The van der Waals surface area contributed by atoms with Crippen molar-refractivity contribution < 1.29 is 14.3 Å². The minimum absolute atomic E-state index is 0.163. The number of nitrogens with two attached hydrogens (primary N) is 1. The molecule has 4 heteroatoms. The molecule has 1 aromatic heterocycles. The summed E-state index contributed by atoms with van der Waals surface area (Å²) in [6.45, 7) is 4.95. The third-order valence-electron chi connectivity index (χ3n) is 3.67. The Labute approximate surface area is 125 Å². The van der Waals surface area contributed by atoms with E-state index in [9.17, 15) is 5.11 Å². The van der Waals surface area contributed by atoms with Gasteiger partial charge < -0.3 is 20.0 Å². The van der Waals surface area contributed by atoms with E-state index in [1.165, 1.54) is 0 Å².